The van der Waals surface area contributed by atoms with Crippen LogP contribution in [0, 0.1) is 0 Å². The summed E-state index contributed by atoms with van der Waals surface area (Å²) in [4.78, 5) is 28.7. The van der Waals surface area contributed by atoms with Crippen LogP contribution in [-0.2, 0) is 9.59 Å². The molecule has 3 aromatic rings. The van der Waals surface area contributed by atoms with E-state index in [1.807, 2.05) is 78.9 Å². The summed E-state index contributed by atoms with van der Waals surface area (Å²) in [5, 5.41) is 3.14. The van der Waals surface area contributed by atoms with Crippen molar-refractivity contribution in [2.45, 2.75) is 4.90 Å². The Bertz CT molecular complexity index is 939. The molecule has 0 saturated carbocycles. The van der Waals surface area contributed by atoms with Gasteiger partial charge in [0.25, 0.3) is 11.8 Å². The zero-order valence-electron chi connectivity index (χ0n) is 14.3. The molecule has 132 valence electrons. The summed E-state index contributed by atoms with van der Waals surface area (Å²) >= 11 is 1.29. The lowest BCUT2D eigenvalue weighted by Crippen LogP contribution is -2.32. The van der Waals surface area contributed by atoms with Crippen LogP contribution in [0.4, 0.5) is 11.4 Å². The van der Waals surface area contributed by atoms with E-state index in [0.717, 1.165) is 10.6 Å². The van der Waals surface area contributed by atoms with Crippen molar-refractivity contribution in [3.05, 3.63) is 102 Å². The molecule has 0 aliphatic carbocycles. The van der Waals surface area contributed by atoms with Crippen molar-refractivity contribution in [3.63, 3.8) is 0 Å². The Morgan fingerprint density at radius 3 is 1.85 bits per heavy atom. The maximum atomic E-state index is 13.1. The third kappa shape index (κ3) is 3.50. The highest BCUT2D eigenvalue weighted by atomic mass is 32.2. The minimum absolute atomic E-state index is 0.295. The highest BCUT2D eigenvalue weighted by Crippen LogP contribution is 2.37. The van der Waals surface area contributed by atoms with Gasteiger partial charge in [0.05, 0.1) is 5.69 Å². The van der Waals surface area contributed by atoms with Gasteiger partial charge in [-0.3, -0.25) is 9.59 Å². The standard InChI is InChI=1S/C22H16N2O2S/c25-21-19(23-16-10-4-1-5-11-16)20(27-18-14-8-3-9-15-18)22(26)24(21)17-12-6-2-7-13-17/h1-15,23H. The summed E-state index contributed by atoms with van der Waals surface area (Å²) in [6.45, 7) is 0. The molecule has 1 aliphatic rings. The number of hydrogen-bond donors (Lipinski definition) is 1. The van der Waals surface area contributed by atoms with E-state index in [1.165, 1.54) is 16.7 Å². The molecule has 1 aliphatic heterocycles. The minimum Gasteiger partial charge on any atom is -0.350 e. The fraction of sp³-hybridized carbons (Fsp3) is 0. The number of nitrogens with zero attached hydrogens (tertiary/aromatic N) is 1. The first-order valence-electron chi connectivity index (χ1n) is 8.47. The van der Waals surface area contributed by atoms with Crippen molar-refractivity contribution in [2.24, 2.45) is 0 Å². The van der Waals surface area contributed by atoms with Gasteiger partial charge in [-0.05, 0) is 36.4 Å². The van der Waals surface area contributed by atoms with Crippen molar-refractivity contribution >= 4 is 35.0 Å². The summed E-state index contributed by atoms with van der Waals surface area (Å²) in [7, 11) is 0. The summed E-state index contributed by atoms with van der Waals surface area (Å²) in [5.41, 5.74) is 1.61. The second-order valence-corrected chi connectivity index (χ2v) is 6.98. The molecule has 27 heavy (non-hydrogen) atoms. The van der Waals surface area contributed by atoms with E-state index in [2.05, 4.69) is 5.32 Å². The summed E-state index contributed by atoms with van der Waals surface area (Å²) in [6.07, 6.45) is 0. The number of para-hydroxylation sites is 2. The molecule has 0 fully saturated rings. The van der Waals surface area contributed by atoms with Gasteiger partial charge in [0.15, 0.2) is 0 Å². The maximum absolute atomic E-state index is 13.1. The number of imide groups is 1. The highest BCUT2D eigenvalue weighted by molar-refractivity contribution is 8.04. The normalized spacial score (nSPS) is 14.0. The zero-order valence-corrected chi connectivity index (χ0v) is 15.1. The molecule has 0 atom stereocenters. The molecule has 0 unspecified atom stereocenters. The van der Waals surface area contributed by atoms with E-state index in [9.17, 15) is 9.59 Å². The predicted octanol–water partition coefficient (Wildman–Crippen LogP) is 4.68. The Kier molecular flexibility index (Phi) is 4.77. The Balaban J connectivity index is 1.74. The topological polar surface area (TPSA) is 49.4 Å². The lowest BCUT2D eigenvalue weighted by atomic mass is 10.3. The van der Waals surface area contributed by atoms with Crippen molar-refractivity contribution in [1.29, 1.82) is 0 Å². The third-order valence-electron chi connectivity index (χ3n) is 4.06. The Morgan fingerprint density at radius 1 is 0.667 bits per heavy atom. The molecule has 0 spiro atoms. The first kappa shape index (κ1) is 17.1. The molecular weight excluding hydrogens is 356 g/mol. The summed E-state index contributed by atoms with van der Waals surface area (Å²) < 4.78 is 0. The highest BCUT2D eigenvalue weighted by Gasteiger charge is 2.40. The van der Waals surface area contributed by atoms with Gasteiger partial charge in [-0.25, -0.2) is 4.90 Å². The second-order valence-electron chi connectivity index (χ2n) is 5.89. The fourth-order valence-electron chi connectivity index (χ4n) is 2.80. The monoisotopic (exact) mass is 372 g/mol. The summed E-state index contributed by atoms with van der Waals surface area (Å²) in [6, 6.07) is 27.9. The molecule has 5 heteroatoms. The first-order chi connectivity index (χ1) is 13.2. The predicted molar refractivity (Wildman–Crippen MR) is 108 cm³/mol. The van der Waals surface area contributed by atoms with Crippen molar-refractivity contribution in [3.8, 4) is 0 Å². The van der Waals surface area contributed by atoms with Crippen molar-refractivity contribution < 1.29 is 9.59 Å². The van der Waals surface area contributed by atoms with Crippen LogP contribution in [0.1, 0.15) is 0 Å². The van der Waals surface area contributed by atoms with Gasteiger partial charge >= 0.3 is 0 Å². The van der Waals surface area contributed by atoms with Crippen LogP contribution in [-0.4, -0.2) is 11.8 Å². The van der Waals surface area contributed by atoms with Gasteiger partial charge in [-0.15, -0.1) is 0 Å². The van der Waals surface area contributed by atoms with Crippen LogP contribution < -0.4 is 10.2 Å². The van der Waals surface area contributed by atoms with E-state index in [-0.39, 0.29) is 11.8 Å². The van der Waals surface area contributed by atoms with Gasteiger partial charge in [0.2, 0.25) is 0 Å². The van der Waals surface area contributed by atoms with Crippen LogP contribution in [0.15, 0.2) is 106 Å². The lowest BCUT2D eigenvalue weighted by Gasteiger charge is -2.15. The smallest absolute Gasteiger partial charge is 0.283 e. The van der Waals surface area contributed by atoms with Gasteiger partial charge in [-0.2, -0.15) is 0 Å². The minimum atomic E-state index is -0.353. The summed E-state index contributed by atoms with van der Waals surface area (Å²) in [5.74, 6) is -0.674. The van der Waals surface area contributed by atoms with Crippen molar-refractivity contribution in [1.82, 2.24) is 0 Å². The van der Waals surface area contributed by atoms with Gasteiger partial charge in [0, 0.05) is 10.6 Å². The van der Waals surface area contributed by atoms with E-state index in [0.29, 0.717) is 16.3 Å². The Labute approximate surface area is 161 Å². The molecule has 3 aromatic carbocycles. The number of carbonyl (C=O) groups is 2. The number of hydrogen-bond acceptors (Lipinski definition) is 4. The number of amides is 2. The van der Waals surface area contributed by atoms with Crippen LogP contribution in [0.25, 0.3) is 0 Å². The molecule has 1 N–H and O–H groups in total. The third-order valence-corrected chi connectivity index (χ3v) is 5.15. The van der Waals surface area contributed by atoms with Crippen LogP contribution in [0.2, 0.25) is 0 Å². The Morgan fingerprint density at radius 2 is 1.22 bits per heavy atom. The van der Waals surface area contributed by atoms with E-state index < -0.39 is 0 Å². The van der Waals surface area contributed by atoms with Gasteiger partial charge in [0.1, 0.15) is 10.6 Å². The zero-order chi connectivity index (χ0) is 18.6. The maximum Gasteiger partial charge on any atom is 0.283 e. The lowest BCUT2D eigenvalue weighted by molar-refractivity contribution is -0.120. The second kappa shape index (κ2) is 7.51. The van der Waals surface area contributed by atoms with Gasteiger partial charge < -0.3 is 5.32 Å². The van der Waals surface area contributed by atoms with Gasteiger partial charge in [-0.1, -0.05) is 66.4 Å². The molecule has 4 rings (SSSR count). The number of rotatable bonds is 5. The molecule has 0 saturated heterocycles. The SMILES string of the molecule is O=C1C(Nc2ccccc2)=C(Sc2ccccc2)C(=O)N1c1ccccc1. The van der Waals surface area contributed by atoms with E-state index in [4.69, 9.17) is 0 Å². The molecule has 0 radical (unpaired) electrons. The van der Waals surface area contributed by atoms with E-state index in [1.54, 1.807) is 12.1 Å². The average Bonchev–Trinajstić information content (AvgIpc) is 2.94. The number of carbonyl (C=O) groups excluding carboxylic acids is 2. The molecular formula is C22H16N2O2S. The Hall–Kier alpha value is -3.31. The van der Waals surface area contributed by atoms with Crippen LogP contribution in [0.5, 0.6) is 0 Å². The number of nitrogens with one attached hydrogen (secondary N) is 1. The molecule has 4 nitrogen and oxygen atoms in total. The molecule has 2 amide bonds. The number of benzene rings is 3. The van der Waals surface area contributed by atoms with E-state index >= 15 is 0 Å². The number of anilines is 2. The average molecular weight is 372 g/mol. The van der Waals surface area contributed by atoms with Crippen molar-refractivity contribution in [2.75, 3.05) is 10.2 Å². The number of thioether (sulfide) groups is 1. The molecule has 0 aromatic heterocycles. The molecule has 1 heterocycles. The van der Waals surface area contributed by atoms with Crippen LogP contribution in [0.3, 0.4) is 0 Å². The van der Waals surface area contributed by atoms with Crippen LogP contribution >= 0.6 is 11.8 Å². The molecule has 0 bridgehead atoms. The fourth-order valence-corrected chi connectivity index (χ4v) is 3.75. The largest absolute Gasteiger partial charge is 0.350 e. The quantitative estimate of drug-likeness (QED) is 0.661. The first-order valence-corrected chi connectivity index (χ1v) is 9.29.